The molecular weight excluding hydrogens is 565 g/mol. The molecule has 3 heterocycles. The van der Waals surface area contributed by atoms with E-state index in [1.165, 1.54) is 27.8 Å². The summed E-state index contributed by atoms with van der Waals surface area (Å²) in [6.07, 6.45) is 3.15. The maximum Gasteiger partial charge on any atom is 0.254 e. The molecule has 1 atom stereocenters. The van der Waals surface area contributed by atoms with Crippen LogP contribution in [0.1, 0.15) is 11.6 Å². The maximum absolute atomic E-state index is 13.7. The van der Waals surface area contributed by atoms with Crippen molar-refractivity contribution in [2.45, 2.75) is 12.5 Å². The summed E-state index contributed by atoms with van der Waals surface area (Å²) in [4.78, 5) is 31.8. The Labute approximate surface area is 242 Å². The third-order valence-electron chi connectivity index (χ3n) is 6.55. The number of aromatic nitrogens is 7. The number of benzene rings is 3. The molecule has 13 heteroatoms. The van der Waals surface area contributed by atoms with E-state index in [1.54, 1.807) is 36.4 Å². The summed E-state index contributed by atoms with van der Waals surface area (Å²) in [5, 5.41) is 18.9. The lowest BCUT2D eigenvalue weighted by atomic mass is 10.0. The number of nitrogens with two attached hydrogens (primary N) is 1. The van der Waals surface area contributed by atoms with Crippen molar-refractivity contribution in [3.05, 3.63) is 111 Å². The van der Waals surface area contributed by atoms with E-state index >= 15 is 0 Å². The van der Waals surface area contributed by atoms with Crippen LogP contribution in [-0.2, 0) is 11.2 Å². The highest BCUT2D eigenvalue weighted by molar-refractivity contribution is 6.31. The van der Waals surface area contributed by atoms with Gasteiger partial charge in [0.05, 0.1) is 29.4 Å². The summed E-state index contributed by atoms with van der Waals surface area (Å²) in [5.74, 6) is -0.0749. The fourth-order valence-corrected chi connectivity index (χ4v) is 4.86. The number of hydrogen-bond acceptors (Lipinski definition) is 7. The predicted octanol–water partition coefficient (Wildman–Crippen LogP) is 4.68. The first-order chi connectivity index (χ1) is 19.9. The zero-order valence-electron chi connectivity index (χ0n) is 21.2. The number of H-pyrrole nitrogens is 1. The Kier molecular flexibility index (Phi) is 6.96. The Bertz CT molecular complexity index is 1950. The van der Waals surface area contributed by atoms with Gasteiger partial charge in [0.15, 0.2) is 11.0 Å². The van der Waals surface area contributed by atoms with Crippen LogP contribution in [0, 0.1) is 0 Å². The lowest BCUT2D eigenvalue weighted by molar-refractivity contribution is -0.119. The number of rotatable bonds is 7. The van der Waals surface area contributed by atoms with Crippen molar-refractivity contribution >= 4 is 51.5 Å². The van der Waals surface area contributed by atoms with Crippen LogP contribution in [0.5, 0.6) is 0 Å². The van der Waals surface area contributed by atoms with Crippen molar-refractivity contribution in [2.24, 2.45) is 0 Å². The van der Waals surface area contributed by atoms with Crippen LogP contribution >= 0.6 is 23.2 Å². The molecule has 0 aliphatic rings. The molecule has 0 bridgehead atoms. The monoisotopic (exact) mass is 585 g/mol. The van der Waals surface area contributed by atoms with E-state index in [0.717, 1.165) is 11.1 Å². The summed E-state index contributed by atoms with van der Waals surface area (Å²) in [7, 11) is 0. The highest BCUT2D eigenvalue weighted by atomic mass is 35.5. The largest absolute Gasteiger partial charge is 0.382 e. The third-order valence-corrected chi connectivity index (χ3v) is 6.96. The molecule has 4 N–H and O–H groups in total. The number of amides is 1. The van der Waals surface area contributed by atoms with Crippen LogP contribution < -0.4 is 16.6 Å². The topological polar surface area (TPSA) is 149 Å². The molecule has 0 aliphatic carbocycles. The van der Waals surface area contributed by atoms with E-state index < -0.39 is 17.5 Å². The van der Waals surface area contributed by atoms with E-state index in [9.17, 15) is 9.59 Å². The standard InChI is InChI=1S/C28H21Cl2N9O2/c29-17-6-9-23(39-14-25(30)35-37-39)19(11-17)22-13-26(40)38(15-32-22)24(10-16-4-2-1-3-5-16)28(41)33-18-7-8-21-20(12-18)27(31)36-34-21/h1-9,11-15,24H,10H2,(H,33,41)(H3,31,34,36)/t24-/m0/s1. The fraction of sp³-hybridized carbons (Fsp3) is 0.0714. The molecule has 3 aromatic carbocycles. The van der Waals surface area contributed by atoms with Gasteiger partial charge in [-0.3, -0.25) is 19.3 Å². The van der Waals surface area contributed by atoms with Gasteiger partial charge in [-0.15, -0.1) is 5.10 Å². The zero-order valence-corrected chi connectivity index (χ0v) is 22.7. The average Bonchev–Trinajstić information content (AvgIpc) is 3.57. The zero-order chi connectivity index (χ0) is 28.5. The second kappa shape index (κ2) is 10.9. The van der Waals surface area contributed by atoms with Crippen molar-refractivity contribution < 1.29 is 4.79 Å². The van der Waals surface area contributed by atoms with Crippen molar-refractivity contribution in [3.63, 3.8) is 0 Å². The lowest BCUT2D eigenvalue weighted by Crippen LogP contribution is -2.34. The first-order valence-electron chi connectivity index (χ1n) is 12.4. The second-order valence-electron chi connectivity index (χ2n) is 9.23. The molecule has 0 unspecified atom stereocenters. The molecule has 0 fully saturated rings. The number of nitrogens with one attached hydrogen (secondary N) is 2. The van der Waals surface area contributed by atoms with Gasteiger partial charge in [-0.25, -0.2) is 9.67 Å². The normalized spacial score (nSPS) is 12.0. The lowest BCUT2D eigenvalue weighted by Gasteiger charge is -2.20. The highest BCUT2D eigenvalue weighted by Gasteiger charge is 2.24. The summed E-state index contributed by atoms with van der Waals surface area (Å²) in [5.41, 5.74) is 9.10. The smallest absolute Gasteiger partial charge is 0.254 e. The summed E-state index contributed by atoms with van der Waals surface area (Å²) in [6, 6.07) is 20.2. The minimum Gasteiger partial charge on any atom is -0.382 e. The molecule has 6 aromatic rings. The van der Waals surface area contributed by atoms with Gasteiger partial charge in [0, 0.05) is 34.1 Å². The first kappa shape index (κ1) is 26.2. The number of halogens is 2. The number of carbonyl (C=O) groups is 1. The minimum absolute atomic E-state index is 0.207. The predicted molar refractivity (Wildman–Crippen MR) is 157 cm³/mol. The molecule has 0 saturated heterocycles. The van der Waals surface area contributed by atoms with Crippen molar-refractivity contribution in [3.8, 4) is 16.9 Å². The van der Waals surface area contributed by atoms with Gasteiger partial charge >= 0.3 is 0 Å². The van der Waals surface area contributed by atoms with E-state index in [1.807, 2.05) is 30.3 Å². The maximum atomic E-state index is 13.7. The summed E-state index contributed by atoms with van der Waals surface area (Å²) in [6.45, 7) is 0. The molecule has 204 valence electrons. The molecule has 0 aliphatic heterocycles. The van der Waals surface area contributed by atoms with Gasteiger partial charge in [0.1, 0.15) is 6.04 Å². The van der Waals surface area contributed by atoms with E-state index in [4.69, 9.17) is 28.9 Å². The second-order valence-corrected chi connectivity index (χ2v) is 10.1. The van der Waals surface area contributed by atoms with Gasteiger partial charge in [-0.2, -0.15) is 5.10 Å². The van der Waals surface area contributed by atoms with Crippen LogP contribution in [0.15, 0.2) is 90.1 Å². The summed E-state index contributed by atoms with van der Waals surface area (Å²) < 4.78 is 2.78. The van der Waals surface area contributed by atoms with Gasteiger partial charge in [0.2, 0.25) is 5.91 Å². The molecule has 6 rings (SSSR count). The highest BCUT2D eigenvalue weighted by Crippen LogP contribution is 2.28. The van der Waals surface area contributed by atoms with E-state index in [2.05, 4.69) is 30.8 Å². The SMILES string of the molecule is Nc1n[nH]c2ccc(NC(=O)[C@H](Cc3ccccc3)n3cnc(-c4cc(Cl)ccc4-n4cc(Cl)nn4)cc3=O)cc12. The molecule has 3 aromatic heterocycles. The van der Waals surface area contributed by atoms with Gasteiger partial charge < -0.3 is 11.1 Å². The Balaban J connectivity index is 1.37. The number of nitrogen functional groups attached to an aromatic ring is 1. The van der Waals surface area contributed by atoms with Gasteiger partial charge in [-0.1, -0.05) is 58.7 Å². The van der Waals surface area contributed by atoms with Crippen LogP contribution in [-0.4, -0.2) is 40.6 Å². The molecule has 0 spiro atoms. The minimum atomic E-state index is -0.906. The number of hydrogen-bond donors (Lipinski definition) is 3. The molecule has 41 heavy (non-hydrogen) atoms. The molecule has 11 nitrogen and oxygen atoms in total. The first-order valence-corrected chi connectivity index (χ1v) is 13.2. The quantitative estimate of drug-likeness (QED) is 0.246. The van der Waals surface area contributed by atoms with Crippen molar-refractivity contribution in [1.29, 1.82) is 0 Å². The average molecular weight is 586 g/mol. The van der Waals surface area contributed by atoms with Crippen molar-refractivity contribution in [1.82, 2.24) is 34.7 Å². The van der Waals surface area contributed by atoms with Crippen LogP contribution in [0.25, 0.3) is 27.8 Å². The molecule has 1 amide bonds. The number of fused-ring (bicyclic) bond motifs is 1. The molecule has 0 radical (unpaired) electrons. The van der Waals surface area contributed by atoms with E-state index in [0.29, 0.717) is 38.9 Å². The Morgan fingerprint density at radius 3 is 2.63 bits per heavy atom. The Hall–Kier alpha value is -5.00. The molecular formula is C28H21Cl2N9O2. The van der Waals surface area contributed by atoms with Crippen LogP contribution in [0.2, 0.25) is 10.2 Å². The number of nitrogens with zero attached hydrogens (tertiary/aromatic N) is 6. The number of aromatic amines is 1. The van der Waals surface area contributed by atoms with Gasteiger partial charge in [0.25, 0.3) is 5.56 Å². The van der Waals surface area contributed by atoms with E-state index in [-0.39, 0.29) is 11.6 Å². The third kappa shape index (κ3) is 5.40. The fourth-order valence-electron chi connectivity index (χ4n) is 4.56. The van der Waals surface area contributed by atoms with Crippen molar-refractivity contribution in [2.75, 3.05) is 11.1 Å². The number of anilines is 2. The van der Waals surface area contributed by atoms with Gasteiger partial charge in [-0.05, 0) is 42.0 Å². The summed E-state index contributed by atoms with van der Waals surface area (Å²) >= 11 is 12.2. The van der Waals surface area contributed by atoms with Crippen LogP contribution in [0.4, 0.5) is 11.5 Å². The van der Waals surface area contributed by atoms with Crippen LogP contribution in [0.3, 0.4) is 0 Å². The Morgan fingerprint density at radius 2 is 1.88 bits per heavy atom. The Morgan fingerprint density at radius 1 is 1.05 bits per heavy atom. The molecule has 0 saturated carbocycles. The number of carbonyl (C=O) groups excluding carboxylic acids is 1.